The van der Waals surface area contributed by atoms with E-state index in [1.54, 1.807) is 0 Å². The van der Waals surface area contributed by atoms with Gasteiger partial charge in [0.15, 0.2) is 0 Å². The van der Waals surface area contributed by atoms with E-state index in [-0.39, 0.29) is 11.6 Å². The zero-order valence-electron chi connectivity index (χ0n) is 23.9. The number of rotatable bonds is 8. The molecule has 2 aliphatic rings. The Labute approximate surface area is 233 Å². The predicted octanol–water partition coefficient (Wildman–Crippen LogP) is 4.39. The monoisotopic (exact) mass is 527 g/mol. The Bertz CT molecular complexity index is 1220. The molecule has 0 aromatic heterocycles. The van der Waals surface area contributed by atoms with Crippen LogP contribution in [0.5, 0.6) is 0 Å². The molecule has 0 unspecified atom stereocenters. The molecule has 39 heavy (non-hydrogen) atoms. The number of aliphatic imine (C=N–C) groups is 2. The van der Waals surface area contributed by atoms with E-state index in [0.29, 0.717) is 26.2 Å². The zero-order valence-corrected chi connectivity index (χ0v) is 23.9. The molecule has 8 nitrogen and oxygen atoms in total. The number of piperazine rings is 2. The fourth-order valence-corrected chi connectivity index (χ4v) is 4.85. The first-order valence-corrected chi connectivity index (χ1v) is 13.5. The molecule has 0 N–H and O–H groups in total. The standard InChI is InChI=1S/C31H41N7O/c1-7-12-33-30(24(4)5)37-15-13-35(14-16-37)23-26-11-10-25(6)28(21-26)31(39)38-19-17-36(18-20-38)29(9-3)34-27(8-2)22-32/h7-12,21H,2,4,13-20,23H2,1,3,5-6H3/b12-7-,29-9+,33-30?,34-27+. The van der Waals surface area contributed by atoms with Crippen LogP contribution in [0.4, 0.5) is 0 Å². The Balaban J connectivity index is 1.61. The van der Waals surface area contributed by atoms with E-state index < -0.39 is 0 Å². The lowest BCUT2D eigenvalue weighted by Gasteiger charge is -2.37. The second-order valence-electron chi connectivity index (χ2n) is 9.87. The number of allylic oxidation sites excluding steroid dienone is 3. The molecule has 0 saturated carbocycles. The lowest BCUT2D eigenvalue weighted by molar-refractivity contribution is 0.0667. The SMILES string of the molecule is C=C/C(C#N)=N\C(=C/C)N1CCN(C(=O)c2cc(CN3CCN(C(=N/C=C\C)C(=C)C)CC3)ccc2C)CC1. The van der Waals surface area contributed by atoms with Crippen LogP contribution in [0.1, 0.15) is 42.3 Å². The molecule has 2 aliphatic heterocycles. The molecular weight excluding hydrogens is 486 g/mol. The summed E-state index contributed by atoms with van der Waals surface area (Å²) in [5, 5.41) is 9.18. The van der Waals surface area contributed by atoms with Gasteiger partial charge in [-0.3, -0.25) is 9.69 Å². The third-order valence-corrected chi connectivity index (χ3v) is 7.03. The molecule has 2 fully saturated rings. The molecule has 3 rings (SSSR count). The number of benzene rings is 1. The van der Waals surface area contributed by atoms with Crippen LogP contribution in [0.2, 0.25) is 0 Å². The number of hydrogen-bond donors (Lipinski definition) is 0. The molecule has 0 radical (unpaired) electrons. The number of carbonyl (C=O) groups is 1. The lowest BCUT2D eigenvalue weighted by Crippen LogP contribution is -2.48. The van der Waals surface area contributed by atoms with Crippen molar-refractivity contribution < 1.29 is 4.79 Å². The molecule has 2 saturated heterocycles. The summed E-state index contributed by atoms with van der Waals surface area (Å²) in [5.74, 6) is 1.76. The highest BCUT2D eigenvalue weighted by molar-refractivity contribution is 6.07. The number of aryl methyl sites for hydroxylation is 1. The quantitative estimate of drug-likeness (QED) is 0.370. The Kier molecular flexibility index (Phi) is 10.8. The van der Waals surface area contributed by atoms with Gasteiger partial charge < -0.3 is 14.7 Å². The van der Waals surface area contributed by atoms with Gasteiger partial charge in [-0.15, -0.1) is 0 Å². The minimum Gasteiger partial charge on any atom is -0.354 e. The predicted molar refractivity (Wildman–Crippen MR) is 160 cm³/mol. The van der Waals surface area contributed by atoms with E-state index in [2.05, 4.69) is 56.0 Å². The maximum absolute atomic E-state index is 13.5. The molecule has 1 aromatic rings. The average molecular weight is 528 g/mol. The maximum Gasteiger partial charge on any atom is 0.254 e. The number of nitrogens with zero attached hydrogens (tertiary/aromatic N) is 7. The molecule has 8 heteroatoms. The van der Waals surface area contributed by atoms with E-state index in [9.17, 15) is 10.1 Å². The molecule has 1 aromatic carbocycles. The molecule has 0 atom stereocenters. The second-order valence-corrected chi connectivity index (χ2v) is 9.87. The van der Waals surface area contributed by atoms with Crippen LogP contribution in [0.3, 0.4) is 0 Å². The minimum atomic E-state index is 0.0689. The van der Waals surface area contributed by atoms with Gasteiger partial charge in [-0.05, 0) is 62.6 Å². The first-order valence-electron chi connectivity index (χ1n) is 13.5. The highest BCUT2D eigenvalue weighted by Gasteiger charge is 2.25. The van der Waals surface area contributed by atoms with Crippen LogP contribution in [0, 0.1) is 18.3 Å². The van der Waals surface area contributed by atoms with Gasteiger partial charge in [0.05, 0.1) is 0 Å². The van der Waals surface area contributed by atoms with Crippen molar-refractivity contribution in [1.82, 2.24) is 19.6 Å². The fourth-order valence-electron chi connectivity index (χ4n) is 4.85. The Morgan fingerprint density at radius 1 is 1.05 bits per heavy atom. The van der Waals surface area contributed by atoms with Crippen LogP contribution in [0.15, 0.2) is 77.2 Å². The molecule has 0 aliphatic carbocycles. The summed E-state index contributed by atoms with van der Waals surface area (Å²) in [6.07, 6.45) is 7.10. The highest BCUT2D eigenvalue weighted by Crippen LogP contribution is 2.19. The van der Waals surface area contributed by atoms with E-state index in [0.717, 1.165) is 66.6 Å². The normalized spacial score (nSPS) is 17.9. The van der Waals surface area contributed by atoms with Gasteiger partial charge in [0.25, 0.3) is 5.91 Å². The molecule has 2 heterocycles. The molecule has 206 valence electrons. The summed E-state index contributed by atoms with van der Waals surface area (Å²) in [6.45, 7) is 22.6. The number of nitriles is 1. The molecule has 0 spiro atoms. The van der Waals surface area contributed by atoms with Gasteiger partial charge in [-0.25, -0.2) is 9.98 Å². The van der Waals surface area contributed by atoms with Crippen LogP contribution in [0.25, 0.3) is 0 Å². The Morgan fingerprint density at radius 2 is 1.69 bits per heavy atom. The summed E-state index contributed by atoms with van der Waals surface area (Å²) in [7, 11) is 0. The Morgan fingerprint density at radius 3 is 2.26 bits per heavy atom. The van der Waals surface area contributed by atoms with Crippen molar-refractivity contribution in [3.63, 3.8) is 0 Å². The minimum absolute atomic E-state index is 0.0689. The van der Waals surface area contributed by atoms with Gasteiger partial charge in [-0.1, -0.05) is 31.4 Å². The Hall–Kier alpha value is -3.96. The fraction of sp³-hybridized carbons (Fsp3) is 0.419. The third kappa shape index (κ3) is 7.78. The lowest BCUT2D eigenvalue weighted by atomic mass is 10.0. The highest BCUT2D eigenvalue weighted by atomic mass is 16.2. The number of carbonyl (C=O) groups excluding carboxylic acids is 1. The van der Waals surface area contributed by atoms with Crippen molar-refractivity contribution in [2.75, 3.05) is 52.4 Å². The smallest absolute Gasteiger partial charge is 0.254 e. The van der Waals surface area contributed by atoms with E-state index in [1.165, 1.54) is 6.08 Å². The average Bonchev–Trinajstić information content (AvgIpc) is 2.95. The summed E-state index contributed by atoms with van der Waals surface area (Å²) in [6, 6.07) is 8.30. The van der Waals surface area contributed by atoms with Crippen LogP contribution in [-0.2, 0) is 6.54 Å². The van der Waals surface area contributed by atoms with Gasteiger partial charge in [0, 0.05) is 70.7 Å². The zero-order chi connectivity index (χ0) is 28.4. The first-order chi connectivity index (χ1) is 18.8. The summed E-state index contributed by atoms with van der Waals surface area (Å²) in [5.41, 5.74) is 4.17. The van der Waals surface area contributed by atoms with E-state index in [1.807, 2.05) is 57.0 Å². The molecule has 1 amide bonds. The number of amides is 1. The topological polar surface area (TPSA) is 78.5 Å². The summed E-state index contributed by atoms with van der Waals surface area (Å²) >= 11 is 0. The van der Waals surface area contributed by atoms with Gasteiger partial charge >= 0.3 is 0 Å². The van der Waals surface area contributed by atoms with Crippen LogP contribution in [-0.4, -0.2) is 89.4 Å². The molecule has 0 bridgehead atoms. The molecular formula is C31H41N7O. The van der Waals surface area contributed by atoms with Crippen molar-refractivity contribution in [3.8, 4) is 6.07 Å². The largest absolute Gasteiger partial charge is 0.354 e. The van der Waals surface area contributed by atoms with Crippen LogP contribution < -0.4 is 0 Å². The van der Waals surface area contributed by atoms with E-state index >= 15 is 0 Å². The van der Waals surface area contributed by atoms with Crippen molar-refractivity contribution in [2.45, 2.75) is 34.2 Å². The second kappa shape index (κ2) is 14.3. The summed E-state index contributed by atoms with van der Waals surface area (Å²) in [4.78, 5) is 31.2. The third-order valence-electron chi connectivity index (χ3n) is 7.03. The van der Waals surface area contributed by atoms with E-state index in [4.69, 9.17) is 0 Å². The summed E-state index contributed by atoms with van der Waals surface area (Å²) < 4.78 is 0. The maximum atomic E-state index is 13.5. The van der Waals surface area contributed by atoms with Gasteiger partial charge in [0.1, 0.15) is 23.4 Å². The van der Waals surface area contributed by atoms with Gasteiger partial charge in [-0.2, -0.15) is 5.26 Å². The number of amidine groups is 1. The van der Waals surface area contributed by atoms with Crippen molar-refractivity contribution in [1.29, 1.82) is 5.26 Å². The van der Waals surface area contributed by atoms with Crippen molar-refractivity contribution in [2.24, 2.45) is 9.98 Å². The van der Waals surface area contributed by atoms with Crippen LogP contribution >= 0.6 is 0 Å². The number of hydrogen-bond acceptors (Lipinski definition) is 6. The van der Waals surface area contributed by atoms with Crippen molar-refractivity contribution in [3.05, 3.63) is 83.9 Å². The van der Waals surface area contributed by atoms with Gasteiger partial charge in [0.2, 0.25) is 0 Å². The van der Waals surface area contributed by atoms with Crippen molar-refractivity contribution >= 4 is 17.5 Å². The first kappa shape index (κ1) is 29.6.